The van der Waals surface area contributed by atoms with E-state index in [-0.39, 0.29) is 0 Å². The lowest BCUT2D eigenvalue weighted by atomic mass is 9.82. The summed E-state index contributed by atoms with van der Waals surface area (Å²) in [6, 6.07) is 19.6. The highest BCUT2D eigenvalue weighted by molar-refractivity contribution is 6.12. The molecule has 3 aromatic carbocycles. The number of halogens is 2. The first kappa shape index (κ1) is 20.2. The van der Waals surface area contributed by atoms with Crippen molar-refractivity contribution >= 4 is 23.5 Å². The third kappa shape index (κ3) is 3.52. The zero-order valence-corrected chi connectivity index (χ0v) is 16.1. The van der Waals surface area contributed by atoms with Crippen LogP contribution in [0.25, 0.3) is 0 Å². The third-order valence-corrected chi connectivity index (χ3v) is 5.05. The van der Waals surface area contributed by atoms with E-state index in [0.717, 1.165) is 23.1 Å². The number of nitrogens with one attached hydrogen (secondary N) is 2. The number of hydrogen-bond acceptors (Lipinski definition) is 3. The number of amides is 4. The van der Waals surface area contributed by atoms with E-state index in [9.17, 15) is 23.2 Å². The van der Waals surface area contributed by atoms with E-state index in [2.05, 4.69) is 10.6 Å². The third-order valence-electron chi connectivity index (χ3n) is 5.05. The Labute approximate surface area is 176 Å². The molecule has 4 amide bonds. The van der Waals surface area contributed by atoms with Gasteiger partial charge in [-0.05, 0) is 23.3 Å². The van der Waals surface area contributed by atoms with Gasteiger partial charge in [-0.2, -0.15) is 0 Å². The van der Waals surface area contributed by atoms with Gasteiger partial charge in [-0.15, -0.1) is 0 Å². The second-order valence-electron chi connectivity index (χ2n) is 6.95. The maximum Gasteiger partial charge on any atom is 0.326 e. The van der Waals surface area contributed by atoms with Crippen LogP contribution in [-0.4, -0.2) is 29.3 Å². The molecule has 1 aliphatic heterocycles. The molecule has 1 saturated heterocycles. The molecular weight excluding hydrogens is 404 g/mol. The van der Waals surface area contributed by atoms with Crippen molar-refractivity contribution in [2.75, 3.05) is 11.9 Å². The Morgan fingerprint density at radius 2 is 1.35 bits per heavy atom. The SMILES string of the molecule is O=C(CN1C(=O)NC(c2ccccc2)(c2ccccc2)C1=O)Nc1c(F)cccc1F. The largest absolute Gasteiger partial charge is 0.326 e. The van der Waals surface area contributed by atoms with Crippen LogP contribution in [0.1, 0.15) is 11.1 Å². The van der Waals surface area contributed by atoms with Gasteiger partial charge in [0.05, 0.1) is 0 Å². The second kappa shape index (κ2) is 7.98. The van der Waals surface area contributed by atoms with Crippen LogP contribution < -0.4 is 10.6 Å². The van der Waals surface area contributed by atoms with Crippen LogP contribution in [0.3, 0.4) is 0 Å². The fourth-order valence-corrected chi connectivity index (χ4v) is 3.59. The first-order chi connectivity index (χ1) is 14.9. The molecule has 156 valence electrons. The predicted molar refractivity (Wildman–Crippen MR) is 109 cm³/mol. The van der Waals surface area contributed by atoms with Gasteiger partial charge >= 0.3 is 6.03 Å². The summed E-state index contributed by atoms with van der Waals surface area (Å²) in [5.41, 5.74) is -1.13. The molecule has 1 aliphatic rings. The minimum absolute atomic E-state index is 0.516. The van der Waals surface area contributed by atoms with Gasteiger partial charge in [0.1, 0.15) is 23.9 Å². The summed E-state index contributed by atoms with van der Waals surface area (Å²) in [5, 5.41) is 4.79. The summed E-state index contributed by atoms with van der Waals surface area (Å²) in [4.78, 5) is 39.4. The number of benzene rings is 3. The number of anilines is 1. The van der Waals surface area contributed by atoms with Crippen LogP contribution in [0.4, 0.5) is 19.3 Å². The number of imide groups is 1. The maximum atomic E-state index is 13.8. The van der Waals surface area contributed by atoms with E-state index in [1.165, 1.54) is 0 Å². The van der Waals surface area contributed by atoms with Crippen LogP contribution in [0, 0.1) is 11.6 Å². The Bertz CT molecular complexity index is 1090. The number of nitrogens with zero attached hydrogens (tertiary/aromatic N) is 1. The van der Waals surface area contributed by atoms with Gasteiger partial charge in [0.15, 0.2) is 5.54 Å². The lowest BCUT2D eigenvalue weighted by Gasteiger charge is -2.28. The van der Waals surface area contributed by atoms with Crippen molar-refractivity contribution < 1.29 is 23.2 Å². The minimum atomic E-state index is -1.52. The topological polar surface area (TPSA) is 78.5 Å². The summed E-state index contributed by atoms with van der Waals surface area (Å²) in [5.74, 6) is -3.51. The van der Waals surface area contributed by atoms with Crippen LogP contribution in [0.15, 0.2) is 78.9 Å². The molecule has 6 nitrogen and oxygen atoms in total. The number of rotatable bonds is 5. The van der Waals surface area contributed by atoms with E-state index in [0.29, 0.717) is 11.1 Å². The Morgan fingerprint density at radius 1 is 0.839 bits per heavy atom. The molecule has 0 bridgehead atoms. The first-order valence-corrected chi connectivity index (χ1v) is 9.42. The maximum absolute atomic E-state index is 13.8. The number of urea groups is 1. The molecule has 0 aliphatic carbocycles. The molecule has 0 saturated carbocycles. The van der Waals surface area contributed by atoms with E-state index in [1.54, 1.807) is 60.7 Å². The lowest BCUT2D eigenvalue weighted by Crippen LogP contribution is -2.45. The van der Waals surface area contributed by atoms with Gasteiger partial charge in [0, 0.05) is 0 Å². The summed E-state index contributed by atoms with van der Waals surface area (Å²) in [6.45, 7) is -0.708. The van der Waals surface area contributed by atoms with Crippen molar-refractivity contribution in [3.63, 3.8) is 0 Å². The fourth-order valence-electron chi connectivity index (χ4n) is 3.59. The highest BCUT2D eigenvalue weighted by Crippen LogP contribution is 2.35. The summed E-state index contributed by atoms with van der Waals surface area (Å²) < 4.78 is 27.7. The molecule has 0 atom stereocenters. The van der Waals surface area contributed by atoms with Gasteiger partial charge in [-0.25, -0.2) is 13.6 Å². The average molecular weight is 421 g/mol. The van der Waals surface area contributed by atoms with Crippen molar-refractivity contribution in [3.8, 4) is 0 Å². The van der Waals surface area contributed by atoms with Crippen molar-refractivity contribution in [3.05, 3.63) is 102 Å². The molecule has 4 rings (SSSR count). The molecule has 0 radical (unpaired) electrons. The lowest BCUT2D eigenvalue weighted by molar-refractivity contribution is -0.133. The van der Waals surface area contributed by atoms with Gasteiger partial charge < -0.3 is 10.6 Å². The van der Waals surface area contributed by atoms with Crippen LogP contribution in [-0.2, 0) is 15.1 Å². The van der Waals surface area contributed by atoms with Gasteiger partial charge in [0.25, 0.3) is 5.91 Å². The number of carbonyl (C=O) groups is 3. The number of carbonyl (C=O) groups excluding carboxylic acids is 3. The monoisotopic (exact) mass is 421 g/mol. The zero-order chi connectivity index (χ0) is 22.0. The van der Waals surface area contributed by atoms with Crippen LogP contribution in [0.2, 0.25) is 0 Å². The molecule has 1 fully saturated rings. The highest BCUT2D eigenvalue weighted by Gasteiger charge is 2.54. The zero-order valence-electron chi connectivity index (χ0n) is 16.1. The Balaban J connectivity index is 1.66. The predicted octanol–water partition coefficient (Wildman–Crippen LogP) is 3.40. The van der Waals surface area contributed by atoms with E-state index in [4.69, 9.17) is 0 Å². The quantitative estimate of drug-likeness (QED) is 0.620. The van der Waals surface area contributed by atoms with Crippen molar-refractivity contribution in [1.82, 2.24) is 10.2 Å². The van der Waals surface area contributed by atoms with Crippen LogP contribution >= 0.6 is 0 Å². The van der Waals surface area contributed by atoms with E-state index in [1.807, 2.05) is 0 Å². The smallest absolute Gasteiger partial charge is 0.320 e. The van der Waals surface area contributed by atoms with Crippen LogP contribution in [0.5, 0.6) is 0 Å². The first-order valence-electron chi connectivity index (χ1n) is 9.42. The minimum Gasteiger partial charge on any atom is -0.320 e. The van der Waals surface area contributed by atoms with E-state index < -0.39 is 47.3 Å². The highest BCUT2D eigenvalue weighted by atomic mass is 19.1. The average Bonchev–Trinajstić information content (AvgIpc) is 3.03. The van der Waals surface area contributed by atoms with E-state index >= 15 is 0 Å². The molecule has 0 unspecified atom stereocenters. The molecular formula is C23H17F2N3O3. The van der Waals surface area contributed by atoms with Gasteiger partial charge in [-0.3, -0.25) is 14.5 Å². The number of para-hydroxylation sites is 1. The normalized spacial score (nSPS) is 15.0. The Hall–Kier alpha value is -4.07. The standard InChI is InChI=1S/C23H17F2N3O3/c24-17-12-7-13-18(25)20(17)26-19(29)14-28-21(30)23(27-22(28)31,15-8-3-1-4-9-15)16-10-5-2-6-11-16/h1-13H,14H2,(H,26,29)(H,27,31). The fraction of sp³-hybridized carbons (Fsp3) is 0.0870. The van der Waals surface area contributed by atoms with Crippen molar-refractivity contribution in [2.24, 2.45) is 0 Å². The molecule has 2 N–H and O–H groups in total. The van der Waals surface area contributed by atoms with Gasteiger partial charge in [-0.1, -0.05) is 66.7 Å². The summed E-state index contributed by atoms with van der Waals surface area (Å²) in [7, 11) is 0. The van der Waals surface area contributed by atoms with Gasteiger partial charge in [0.2, 0.25) is 5.91 Å². The van der Waals surface area contributed by atoms with Crippen molar-refractivity contribution in [1.29, 1.82) is 0 Å². The second-order valence-corrected chi connectivity index (χ2v) is 6.95. The molecule has 3 aromatic rings. The molecule has 0 spiro atoms. The van der Waals surface area contributed by atoms with Crippen molar-refractivity contribution in [2.45, 2.75) is 5.54 Å². The summed E-state index contributed by atoms with van der Waals surface area (Å²) >= 11 is 0. The number of hydrogen-bond donors (Lipinski definition) is 2. The molecule has 8 heteroatoms. The molecule has 31 heavy (non-hydrogen) atoms. The molecule has 1 heterocycles. The Kier molecular flexibility index (Phi) is 5.21. The Morgan fingerprint density at radius 3 is 1.87 bits per heavy atom. The summed E-state index contributed by atoms with van der Waals surface area (Å²) in [6.07, 6.45) is 0. The molecule has 0 aromatic heterocycles.